The molecular weight excluding hydrogens is 367 g/mol. The highest BCUT2D eigenvalue weighted by Gasteiger charge is 2.22. The van der Waals surface area contributed by atoms with Crippen molar-refractivity contribution in [2.45, 2.75) is 26.7 Å². The number of hydrogen-bond donors (Lipinski definition) is 1. The summed E-state index contributed by atoms with van der Waals surface area (Å²) in [5, 5.41) is 3.33. The molecule has 0 bridgehead atoms. The minimum absolute atomic E-state index is 0.0181. The molecular formula is C19H23FN4O2S. The van der Waals surface area contributed by atoms with E-state index < -0.39 is 0 Å². The Morgan fingerprint density at radius 1 is 1.11 bits per heavy atom. The van der Waals surface area contributed by atoms with E-state index in [0.29, 0.717) is 31.3 Å². The summed E-state index contributed by atoms with van der Waals surface area (Å²) in [5.74, 6) is -0.466. The molecule has 0 saturated carbocycles. The van der Waals surface area contributed by atoms with Crippen LogP contribution in [0.15, 0.2) is 24.3 Å². The molecule has 144 valence electrons. The number of thiazole rings is 1. The Balaban J connectivity index is 1.42. The molecule has 2 aromatic rings. The molecule has 1 saturated heterocycles. The quantitative estimate of drug-likeness (QED) is 0.853. The van der Waals surface area contributed by atoms with Crippen molar-refractivity contribution in [2.75, 3.05) is 36.4 Å². The number of hydrogen-bond acceptors (Lipinski definition) is 5. The van der Waals surface area contributed by atoms with Crippen molar-refractivity contribution in [1.29, 1.82) is 0 Å². The number of rotatable bonds is 5. The van der Waals surface area contributed by atoms with Crippen molar-refractivity contribution >= 4 is 34.0 Å². The van der Waals surface area contributed by atoms with Crippen LogP contribution in [0.1, 0.15) is 23.4 Å². The minimum Gasteiger partial charge on any atom is -0.368 e. The molecule has 1 aliphatic rings. The smallest absolute Gasteiger partial charge is 0.226 e. The molecule has 0 aliphatic carbocycles. The number of nitrogens with zero attached hydrogens (tertiary/aromatic N) is 3. The fourth-order valence-corrected chi connectivity index (χ4v) is 3.78. The Bertz CT molecular complexity index is 794. The molecule has 2 heterocycles. The first kappa shape index (κ1) is 19.3. The van der Waals surface area contributed by atoms with Crippen molar-refractivity contribution in [3.8, 4) is 0 Å². The summed E-state index contributed by atoms with van der Waals surface area (Å²) in [5.41, 5.74) is 1.86. The van der Waals surface area contributed by atoms with Gasteiger partial charge in [0.25, 0.3) is 0 Å². The Labute approximate surface area is 162 Å². The largest absolute Gasteiger partial charge is 0.368 e. The molecule has 0 spiro atoms. The summed E-state index contributed by atoms with van der Waals surface area (Å²) in [6, 6.07) is 6.38. The summed E-state index contributed by atoms with van der Waals surface area (Å²) in [6.07, 6.45) is 0.334. The second-order valence-corrected chi connectivity index (χ2v) is 7.76. The molecule has 2 amide bonds. The van der Waals surface area contributed by atoms with Gasteiger partial charge in [-0.3, -0.25) is 9.59 Å². The summed E-state index contributed by atoms with van der Waals surface area (Å²) >= 11 is 1.44. The highest BCUT2D eigenvalue weighted by atomic mass is 32.1. The van der Waals surface area contributed by atoms with Crippen LogP contribution in [-0.2, 0) is 9.59 Å². The number of benzene rings is 1. The fraction of sp³-hybridized carbons (Fsp3) is 0.421. The molecule has 0 unspecified atom stereocenters. The number of carbonyl (C=O) groups excluding carboxylic acids is 2. The lowest BCUT2D eigenvalue weighted by Crippen LogP contribution is -2.48. The molecule has 1 aromatic heterocycles. The zero-order valence-corrected chi connectivity index (χ0v) is 16.3. The van der Waals surface area contributed by atoms with Gasteiger partial charge in [-0.1, -0.05) is 0 Å². The first-order valence-electron chi connectivity index (χ1n) is 8.94. The summed E-state index contributed by atoms with van der Waals surface area (Å²) in [4.78, 5) is 33.6. The van der Waals surface area contributed by atoms with Crippen molar-refractivity contribution < 1.29 is 14.0 Å². The molecule has 27 heavy (non-hydrogen) atoms. The summed E-state index contributed by atoms with van der Waals surface area (Å²) in [6.45, 7) is 6.45. The highest BCUT2D eigenvalue weighted by Crippen LogP contribution is 2.21. The second-order valence-electron chi connectivity index (χ2n) is 6.55. The number of aromatic nitrogens is 1. The Morgan fingerprint density at radius 3 is 2.37 bits per heavy atom. The normalized spacial score (nSPS) is 14.3. The van der Waals surface area contributed by atoms with E-state index in [0.717, 1.165) is 16.3 Å². The van der Waals surface area contributed by atoms with Crippen LogP contribution in [0.25, 0.3) is 0 Å². The van der Waals surface area contributed by atoms with Gasteiger partial charge in [0.2, 0.25) is 11.8 Å². The maximum atomic E-state index is 13.0. The van der Waals surface area contributed by atoms with Gasteiger partial charge in [-0.25, -0.2) is 9.37 Å². The second kappa shape index (κ2) is 8.47. The van der Waals surface area contributed by atoms with Gasteiger partial charge in [-0.05, 0) is 38.1 Å². The fourth-order valence-electron chi connectivity index (χ4n) is 2.95. The van der Waals surface area contributed by atoms with Crippen LogP contribution in [0.5, 0.6) is 0 Å². The molecule has 1 N–H and O–H groups in total. The number of halogens is 1. The zero-order valence-electron chi connectivity index (χ0n) is 15.5. The van der Waals surface area contributed by atoms with Gasteiger partial charge < -0.3 is 15.1 Å². The van der Waals surface area contributed by atoms with Crippen molar-refractivity contribution in [3.05, 3.63) is 40.7 Å². The molecule has 3 rings (SSSR count). The topological polar surface area (TPSA) is 65.5 Å². The third kappa shape index (κ3) is 5.03. The Hall–Kier alpha value is -2.48. The van der Waals surface area contributed by atoms with Crippen molar-refractivity contribution in [2.24, 2.45) is 0 Å². The Kier molecular flexibility index (Phi) is 6.05. The highest BCUT2D eigenvalue weighted by molar-refractivity contribution is 7.15. The number of anilines is 2. The molecule has 6 nitrogen and oxygen atoms in total. The van der Waals surface area contributed by atoms with E-state index in [1.807, 2.05) is 13.8 Å². The van der Waals surface area contributed by atoms with Crippen LogP contribution in [0.2, 0.25) is 0 Å². The minimum atomic E-state index is -0.256. The van der Waals surface area contributed by atoms with Crippen LogP contribution in [0.3, 0.4) is 0 Å². The van der Waals surface area contributed by atoms with Crippen molar-refractivity contribution in [3.63, 3.8) is 0 Å². The van der Waals surface area contributed by atoms with Crippen LogP contribution < -0.4 is 10.2 Å². The van der Waals surface area contributed by atoms with Gasteiger partial charge in [0.15, 0.2) is 5.13 Å². The lowest BCUT2D eigenvalue weighted by molar-refractivity contribution is -0.133. The number of piperazine rings is 1. The van der Waals surface area contributed by atoms with Crippen LogP contribution in [0, 0.1) is 19.7 Å². The van der Waals surface area contributed by atoms with E-state index in [9.17, 15) is 14.0 Å². The number of carbonyl (C=O) groups is 2. The van der Waals surface area contributed by atoms with Crippen LogP contribution in [-0.4, -0.2) is 47.9 Å². The summed E-state index contributed by atoms with van der Waals surface area (Å²) < 4.78 is 13.0. The molecule has 1 aromatic carbocycles. The predicted octanol–water partition coefficient (Wildman–Crippen LogP) is 2.97. The predicted molar refractivity (Wildman–Crippen MR) is 105 cm³/mol. The van der Waals surface area contributed by atoms with E-state index in [-0.39, 0.29) is 30.5 Å². The van der Waals surface area contributed by atoms with E-state index >= 15 is 0 Å². The first-order chi connectivity index (χ1) is 12.9. The molecule has 1 aliphatic heterocycles. The van der Waals surface area contributed by atoms with Gasteiger partial charge in [0, 0.05) is 49.6 Å². The SMILES string of the molecule is Cc1nc(NC(=O)CCC(=O)N2CCN(c3ccc(F)cc3)CC2)sc1C. The average Bonchev–Trinajstić information content (AvgIpc) is 2.97. The van der Waals surface area contributed by atoms with Gasteiger partial charge >= 0.3 is 0 Å². The standard InChI is InChI=1S/C19H23FN4O2S/c1-13-14(2)27-19(21-13)22-17(25)7-8-18(26)24-11-9-23(10-12-24)16-5-3-15(20)4-6-16/h3-6H,7-12H2,1-2H3,(H,21,22,25). The first-order valence-corrected chi connectivity index (χ1v) is 9.76. The van der Waals surface area contributed by atoms with Gasteiger partial charge in [0.1, 0.15) is 5.82 Å². The van der Waals surface area contributed by atoms with Gasteiger partial charge in [-0.15, -0.1) is 11.3 Å². The third-order valence-electron chi connectivity index (χ3n) is 4.66. The number of nitrogens with one attached hydrogen (secondary N) is 1. The van der Waals surface area contributed by atoms with E-state index in [1.165, 1.54) is 23.5 Å². The van der Waals surface area contributed by atoms with E-state index in [4.69, 9.17) is 0 Å². The van der Waals surface area contributed by atoms with E-state index in [1.54, 1.807) is 17.0 Å². The molecule has 8 heteroatoms. The maximum Gasteiger partial charge on any atom is 0.226 e. The van der Waals surface area contributed by atoms with Crippen LogP contribution in [0.4, 0.5) is 15.2 Å². The van der Waals surface area contributed by atoms with Crippen molar-refractivity contribution in [1.82, 2.24) is 9.88 Å². The molecule has 0 radical (unpaired) electrons. The maximum absolute atomic E-state index is 13.0. The van der Waals surface area contributed by atoms with Gasteiger partial charge in [0.05, 0.1) is 5.69 Å². The molecule has 0 atom stereocenters. The van der Waals surface area contributed by atoms with E-state index in [2.05, 4.69) is 15.2 Å². The zero-order chi connectivity index (χ0) is 19.4. The summed E-state index contributed by atoms with van der Waals surface area (Å²) in [7, 11) is 0. The molecule has 1 fully saturated rings. The lowest BCUT2D eigenvalue weighted by atomic mass is 10.2. The average molecular weight is 390 g/mol. The van der Waals surface area contributed by atoms with Crippen LogP contribution >= 0.6 is 11.3 Å². The third-order valence-corrected chi connectivity index (χ3v) is 5.65. The lowest BCUT2D eigenvalue weighted by Gasteiger charge is -2.36. The number of amides is 2. The monoisotopic (exact) mass is 390 g/mol. The van der Waals surface area contributed by atoms with Gasteiger partial charge in [-0.2, -0.15) is 0 Å². The number of aryl methyl sites for hydroxylation is 2. The Morgan fingerprint density at radius 2 is 1.78 bits per heavy atom.